The molecule has 3 atom stereocenters. The minimum absolute atomic E-state index is 0.0184. The second kappa shape index (κ2) is 7.82. The Morgan fingerprint density at radius 2 is 1.81 bits per heavy atom. The largest absolute Gasteiger partial charge is 0.368 e. The number of nitrogens with one attached hydrogen (secondary N) is 1. The number of halogens is 2. The first kappa shape index (κ1) is 20.8. The summed E-state index contributed by atoms with van der Waals surface area (Å²) in [7, 11) is 4.29. The lowest BCUT2D eigenvalue weighted by molar-refractivity contribution is 0.104. The minimum atomic E-state index is -2.93. The third-order valence-corrected chi connectivity index (χ3v) is 6.65. The third-order valence-electron chi connectivity index (χ3n) is 5.59. The van der Waals surface area contributed by atoms with E-state index in [1.165, 1.54) is 24.1 Å². The van der Waals surface area contributed by atoms with E-state index in [9.17, 15) is 8.78 Å². The molecule has 0 bridgehead atoms. The number of hydrogen-bond donors (Lipinski definition) is 1. The number of rotatable bonds is 5. The van der Waals surface area contributed by atoms with Crippen molar-refractivity contribution in [1.82, 2.24) is 5.32 Å². The van der Waals surface area contributed by atoms with Gasteiger partial charge in [-0.15, -0.1) is 9.24 Å². The molecule has 0 saturated heterocycles. The van der Waals surface area contributed by atoms with Gasteiger partial charge in [0.2, 0.25) is 0 Å². The lowest BCUT2D eigenvalue weighted by Crippen LogP contribution is -2.43. The van der Waals surface area contributed by atoms with Crippen LogP contribution in [-0.2, 0) is 5.66 Å². The van der Waals surface area contributed by atoms with Crippen molar-refractivity contribution in [2.24, 2.45) is 5.41 Å². The van der Waals surface area contributed by atoms with Gasteiger partial charge in [0.1, 0.15) is 4.99 Å². The highest BCUT2D eigenvalue weighted by Crippen LogP contribution is 2.50. The normalized spacial score (nSPS) is 17.1. The van der Waals surface area contributed by atoms with E-state index in [4.69, 9.17) is 12.2 Å². The second-order valence-electron chi connectivity index (χ2n) is 7.73. The predicted molar refractivity (Wildman–Crippen MR) is 120 cm³/mol. The Morgan fingerprint density at radius 3 is 2.30 bits per heavy atom. The molecular weight excluding hydrogens is 398 g/mol. The average Bonchev–Trinajstić information content (AvgIpc) is 2.57. The van der Waals surface area contributed by atoms with Crippen molar-refractivity contribution < 1.29 is 8.78 Å². The van der Waals surface area contributed by atoms with Gasteiger partial charge in [-0.05, 0) is 47.7 Å². The monoisotopic (exact) mass is 423 g/mol. The van der Waals surface area contributed by atoms with Gasteiger partial charge in [-0.3, -0.25) is 0 Å². The van der Waals surface area contributed by atoms with E-state index in [-0.39, 0.29) is 17.0 Å². The summed E-state index contributed by atoms with van der Waals surface area (Å²) in [5, 5.41) is 4.68. The molecule has 3 rings (SSSR count). The van der Waals surface area contributed by atoms with E-state index in [0.717, 1.165) is 29.3 Å². The molecule has 2 aromatic carbocycles. The highest BCUT2D eigenvalue weighted by molar-refractivity contribution is 7.80. The highest BCUT2D eigenvalue weighted by atomic mass is 32.1. The number of aryl methyl sites for hydroxylation is 1. The van der Waals surface area contributed by atoms with Crippen LogP contribution < -0.4 is 10.6 Å². The Balaban J connectivity index is 1.88. The standard InChI is InChI=1S/C21H25F2NP2S/c1-13-12-15(21(22,23)26)6-9-17(13)19(27)24-18(20(2)10-3-11-20)14-4-7-16(25)8-5-14/h4-9,12,18H,3,10-11,25-26H2,1-2H3,(H,24,27). The van der Waals surface area contributed by atoms with Gasteiger partial charge in [-0.2, -0.15) is 8.78 Å². The number of thiocarbonyl (C=S) groups is 1. The first-order valence-corrected chi connectivity index (χ1v) is 10.6. The summed E-state index contributed by atoms with van der Waals surface area (Å²) in [5.41, 5.74) is -0.0386. The van der Waals surface area contributed by atoms with Crippen molar-refractivity contribution in [2.75, 3.05) is 0 Å². The van der Waals surface area contributed by atoms with Crippen LogP contribution in [0.2, 0.25) is 0 Å². The van der Waals surface area contributed by atoms with E-state index >= 15 is 0 Å². The highest BCUT2D eigenvalue weighted by Gasteiger charge is 2.41. The topological polar surface area (TPSA) is 12.0 Å². The summed E-state index contributed by atoms with van der Waals surface area (Å²) in [6, 6.07) is 13.2. The van der Waals surface area contributed by atoms with Crippen molar-refractivity contribution in [3.63, 3.8) is 0 Å². The minimum Gasteiger partial charge on any atom is -0.368 e. The molecule has 1 fully saturated rings. The molecule has 144 valence electrons. The zero-order chi connectivity index (χ0) is 19.8. The van der Waals surface area contributed by atoms with E-state index < -0.39 is 5.66 Å². The SMILES string of the molecule is Cc1cc(C(F)(F)P)ccc1C(=S)NC(c1ccc(P)cc1)C1(C)CCC1. The summed E-state index contributed by atoms with van der Waals surface area (Å²) in [6.07, 6.45) is 3.51. The summed E-state index contributed by atoms with van der Waals surface area (Å²) >= 11 is 5.68. The third kappa shape index (κ3) is 4.56. The molecule has 1 aliphatic carbocycles. The fourth-order valence-corrected chi connectivity index (χ4v) is 4.43. The smallest absolute Gasteiger partial charge is 0.283 e. The Hall–Kier alpha value is -0.950. The van der Waals surface area contributed by atoms with Gasteiger partial charge >= 0.3 is 0 Å². The molecule has 0 aromatic heterocycles. The summed E-state index contributed by atoms with van der Waals surface area (Å²) < 4.78 is 27.1. The summed E-state index contributed by atoms with van der Waals surface area (Å²) in [4.78, 5) is 0.610. The molecule has 2 aromatic rings. The number of hydrogen-bond acceptors (Lipinski definition) is 1. The van der Waals surface area contributed by atoms with E-state index in [2.05, 4.69) is 45.7 Å². The van der Waals surface area contributed by atoms with Crippen LogP contribution in [0.4, 0.5) is 8.78 Å². The lowest BCUT2D eigenvalue weighted by Gasteiger charge is -2.46. The maximum atomic E-state index is 13.6. The van der Waals surface area contributed by atoms with Crippen LogP contribution in [0.15, 0.2) is 42.5 Å². The Morgan fingerprint density at radius 1 is 1.19 bits per heavy atom. The molecule has 1 saturated carbocycles. The molecule has 27 heavy (non-hydrogen) atoms. The van der Waals surface area contributed by atoms with Gasteiger partial charge < -0.3 is 5.32 Å². The molecule has 1 N–H and O–H groups in total. The molecular formula is C21H25F2NP2S. The van der Waals surface area contributed by atoms with Gasteiger partial charge in [0.25, 0.3) is 5.66 Å². The fraction of sp³-hybridized carbons (Fsp3) is 0.381. The Bertz CT molecular complexity index is 842. The van der Waals surface area contributed by atoms with E-state index in [1.54, 1.807) is 15.3 Å². The van der Waals surface area contributed by atoms with Crippen LogP contribution in [-0.4, -0.2) is 4.99 Å². The van der Waals surface area contributed by atoms with Gasteiger partial charge in [-0.25, -0.2) is 0 Å². The first-order chi connectivity index (χ1) is 12.6. The maximum Gasteiger partial charge on any atom is 0.283 e. The molecule has 1 aliphatic rings. The zero-order valence-electron chi connectivity index (χ0n) is 15.6. The van der Waals surface area contributed by atoms with Gasteiger partial charge in [0, 0.05) is 11.1 Å². The molecule has 3 unspecified atom stereocenters. The first-order valence-electron chi connectivity index (χ1n) is 9.04. The zero-order valence-corrected chi connectivity index (χ0v) is 18.7. The molecule has 0 heterocycles. The summed E-state index contributed by atoms with van der Waals surface area (Å²) in [5.74, 6) is 0. The van der Waals surface area contributed by atoms with Crippen LogP contribution in [0.25, 0.3) is 0 Å². The van der Waals surface area contributed by atoms with Crippen LogP contribution in [0.1, 0.15) is 54.5 Å². The van der Waals surface area contributed by atoms with Crippen molar-refractivity contribution >= 4 is 41.0 Å². The van der Waals surface area contributed by atoms with E-state index in [0.29, 0.717) is 4.99 Å². The average molecular weight is 423 g/mol. The van der Waals surface area contributed by atoms with Gasteiger partial charge in [-0.1, -0.05) is 71.2 Å². The fourth-order valence-electron chi connectivity index (χ4n) is 3.71. The second-order valence-corrected chi connectivity index (χ2v) is 9.53. The lowest BCUT2D eigenvalue weighted by atomic mass is 9.64. The van der Waals surface area contributed by atoms with Crippen LogP contribution >= 0.6 is 30.7 Å². The molecule has 0 spiro atoms. The molecule has 0 amide bonds. The molecule has 1 nitrogen and oxygen atoms in total. The van der Waals surface area contributed by atoms with Gasteiger partial charge in [0.15, 0.2) is 0 Å². The van der Waals surface area contributed by atoms with Crippen molar-refractivity contribution in [1.29, 1.82) is 0 Å². The van der Waals surface area contributed by atoms with E-state index in [1.807, 2.05) is 6.92 Å². The summed E-state index contributed by atoms with van der Waals surface area (Å²) in [6.45, 7) is 4.11. The number of benzene rings is 2. The van der Waals surface area contributed by atoms with Crippen LogP contribution in [0.3, 0.4) is 0 Å². The molecule has 6 heteroatoms. The predicted octanol–water partition coefficient (Wildman–Crippen LogP) is 5.62. The molecule has 0 aliphatic heterocycles. The van der Waals surface area contributed by atoms with Crippen LogP contribution in [0.5, 0.6) is 0 Å². The molecule has 0 radical (unpaired) electrons. The Labute approximate surface area is 170 Å². The van der Waals surface area contributed by atoms with Crippen LogP contribution in [0, 0.1) is 12.3 Å². The van der Waals surface area contributed by atoms with Crippen molar-refractivity contribution in [3.8, 4) is 0 Å². The van der Waals surface area contributed by atoms with Crippen molar-refractivity contribution in [3.05, 3.63) is 64.7 Å². The van der Waals surface area contributed by atoms with Gasteiger partial charge in [0.05, 0.1) is 6.04 Å². The quantitative estimate of drug-likeness (QED) is 0.495. The van der Waals surface area contributed by atoms with Crippen molar-refractivity contribution in [2.45, 2.75) is 44.8 Å². The Kier molecular flexibility index (Phi) is 6.02. The maximum absolute atomic E-state index is 13.6. The number of alkyl halides is 2.